The van der Waals surface area contributed by atoms with E-state index in [1.807, 2.05) is 4.90 Å². The molecule has 1 aromatic carbocycles. The molecule has 7 heteroatoms. The summed E-state index contributed by atoms with van der Waals surface area (Å²) in [5, 5.41) is 2.57. The van der Waals surface area contributed by atoms with Crippen LogP contribution in [-0.2, 0) is 9.59 Å². The number of likely N-dealkylation sites (tertiary alicyclic amines) is 1. The fourth-order valence-corrected chi connectivity index (χ4v) is 3.25. The second kappa shape index (κ2) is 9.39. The Hall–Kier alpha value is -2.57. The van der Waals surface area contributed by atoms with E-state index in [1.54, 1.807) is 38.4 Å². The SMILES string of the molecule is CC1CCCC(C)N1C(=O)COc1ccc(C(=O)NCC(=O)N(C)C)cc1. The molecule has 0 spiro atoms. The van der Waals surface area contributed by atoms with Crippen molar-refractivity contribution in [1.82, 2.24) is 15.1 Å². The van der Waals surface area contributed by atoms with Gasteiger partial charge in [-0.15, -0.1) is 0 Å². The number of nitrogens with one attached hydrogen (secondary N) is 1. The molecule has 2 atom stereocenters. The van der Waals surface area contributed by atoms with Gasteiger partial charge in [0.1, 0.15) is 5.75 Å². The van der Waals surface area contributed by atoms with Crippen molar-refractivity contribution in [3.05, 3.63) is 29.8 Å². The van der Waals surface area contributed by atoms with E-state index in [0.717, 1.165) is 19.3 Å². The highest BCUT2D eigenvalue weighted by atomic mass is 16.5. The predicted molar refractivity (Wildman–Crippen MR) is 103 cm³/mol. The van der Waals surface area contributed by atoms with Crippen molar-refractivity contribution in [3.63, 3.8) is 0 Å². The zero-order chi connectivity index (χ0) is 20.0. The Balaban J connectivity index is 1.85. The van der Waals surface area contributed by atoms with Crippen LogP contribution < -0.4 is 10.1 Å². The van der Waals surface area contributed by atoms with E-state index in [-0.39, 0.29) is 43.0 Å². The lowest BCUT2D eigenvalue weighted by Crippen LogP contribution is -2.49. The van der Waals surface area contributed by atoms with E-state index in [0.29, 0.717) is 11.3 Å². The number of hydrogen-bond donors (Lipinski definition) is 1. The first kappa shape index (κ1) is 20.7. The third-order valence-corrected chi connectivity index (χ3v) is 4.86. The molecule has 3 amide bonds. The number of carbonyl (C=O) groups is 3. The van der Waals surface area contributed by atoms with Gasteiger partial charge in [-0.25, -0.2) is 0 Å². The summed E-state index contributed by atoms with van der Waals surface area (Å²) in [6, 6.07) is 7.00. The van der Waals surface area contributed by atoms with Crippen LogP contribution in [0.15, 0.2) is 24.3 Å². The standard InChI is InChI=1S/C20H29N3O4/c1-14-6-5-7-15(2)23(14)19(25)13-27-17-10-8-16(9-11-17)20(26)21-12-18(24)22(3)4/h8-11,14-15H,5-7,12-13H2,1-4H3,(H,21,26). The molecule has 1 aromatic rings. The number of benzene rings is 1. The van der Waals surface area contributed by atoms with E-state index in [9.17, 15) is 14.4 Å². The van der Waals surface area contributed by atoms with Gasteiger partial charge >= 0.3 is 0 Å². The molecule has 7 nitrogen and oxygen atoms in total. The minimum absolute atomic E-state index is 0.0151. The Morgan fingerprint density at radius 3 is 2.26 bits per heavy atom. The van der Waals surface area contributed by atoms with E-state index in [1.165, 1.54) is 4.90 Å². The summed E-state index contributed by atoms with van der Waals surface area (Å²) in [7, 11) is 3.26. The molecule has 148 valence electrons. The molecule has 1 N–H and O–H groups in total. The molecule has 1 saturated heterocycles. The Morgan fingerprint density at radius 1 is 1.11 bits per heavy atom. The van der Waals surface area contributed by atoms with Crippen LogP contribution in [0, 0.1) is 0 Å². The highest BCUT2D eigenvalue weighted by molar-refractivity contribution is 5.96. The minimum Gasteiger partial charge on any atom is -0.484 e. The summed E-state index contributed by atoms with van der Waals surface area (Å²) in [5.74, 6) is 0.00655. The molecule has 0 saturated carbocycles. The van der Waals surface area contributed by atoms with Crippen LogP contribution in [0.2, 0.25) is 0 Å². The monoisotopic (exact) mass is 375 g/mol. The van der Waals surface area contributed by atoms with Crippen LogP contribution in [0.3, 0.4) is 0 Å². The van der Waals surface area contributed by atoms with Gasteiger partial charge in [-0.05, 0) is 57.4 Å². The van der Waals surface area contributed by atoms with Crippen LogP contribution in [-0.4, -0.2) is 66.9 Å². The number of carbonyl (C=O) groups excluding carboxylic acids is 3. The van der Waals surface area contributed by atoms with E-state index in [4.69, 9.17) is 4.74 Å². The number of amides is 3. The number of likely N-dealkylation sites (N-methyl/N-ethyl adjacent to an activating group) is 1. The molecule has 2 unspecified atom stereocenters. The molecule has 27 heavy (non-hydrogen) atoms. The van der Waals surface area contributed by atoms with Crippen LogP contribution in [0.4, 0.5) is 0 Å². The molecule has 0 bridgehead atoms. The maximum absolute atomic E-state index is 12.5. The van der Waals surface area contributed by atoms with Crippen molar-refractivity contribution in [3.8, 4) is 5.75 Å². The average Bonchev–Trinajstić information content (AvgIpc) is 2.64. The zero-order valence-corrected chi connectivity index (χ0v) is 16.5. The lowest BCUT2D eigenvalue weighted by Gasteiger charge is -2.38. The summed E-state index contributed by atoms with van der Waals surface area (Å²) in [6.45, 7) is 4.08. The summed E-state index contributed by atoms with van der Waals surface area (Å²) in [5.41, 5.74) is 0.429. The number of ether oxygens (including phenoxy) is 1. The van der Waals surface area contributed by atoms with Gasteiger partial charge < -0.3 is 19.9 Å². The average molecular weight is 375 g/mol. The Labute approximate surface area is 160 Å². The molecule has 0 aromatic heterocycles. The van der Waals surface area contributed by atoms with Crippen molar-refractivity contribution >= 4 is 17.7 Å². The van der Waals surface area contributed by atoms with Gasteiger partial charge in [0.15, 0.2) is 6.61 Å². The predicted octanol–water partition coefficient (Wildman–Crippen LogP) is 1.67. The normalized spacial score (nSPS) is 19.3. The number of rotatable bonds is 6. The van der Waals surface area contributed by atoms with Gasteiger partial charge in [-0.3, -0.25) is 14.4 Å². The van der Waals surface area contributed by atoms with Crippen molar-refractivity contribution in [2.75, 3.05) is 27.2 Å². The lowest BCUT2D eigenvalue weighted by atomic mass is 9.97. The van der Waals surface area contributed by atoms with Crippen molar-refractivity contribution in [1.29, 1.82) is 0 Å². The molecule has 1 fully saturated rings. The summed E-state index contributed by atoms with van der Waals surface area (Å²) >= 11 is 0. The number of hydrogen-bond acceptors (Lipinski definition) is 4. The molecule has 2 rings (SSSR count). The second-order valence-electron chi connectivity index (χ2n) is 7.21. The second-order valence-corrected chi connectivity index (χ2v) is 7.21. The Bertz CT molecular complexity index is 662. The molecule has 0 aliphatic carbocycles. The lowest BCUT2D eigenvalue weighted by molar-refractivity contribution is -0.139. The molecule has 1 aliphatic rings. The van der Waals surface area contributed by atoms with Crippen LogP contribution in [0.5, 0.6) is 5.75 Å². The first-order valence-electron chi connectivity index (χ1n) is 9.32. The molecule has 0 radical (unpaired) electrons. The summed E-state index contributed by atoms with van der Waals surface area (Å²) in [4.78, 5) is 39.4. The van der Waals surface area contributed by atoms with Crippen molar-refractivity contribution in [2.45, 2.75) is 45.2 Å². The van der Waals surface area contributed by atoms with Crippen LogP contribution in [0.1, 0.15) is 43.5 Å². The maximum Gasteiger partial charge on any atom is 0.260 e. The van der Waals surface area contributed by atoms with Gasteiger partial charge in [0, 0.05) is 31.7 Å². The quantitative estimate of drug-likeness (QED) is 0.820. The van der Waals surface area contributed by atoms with E-state index >= 15 is 0 Å². The number of nitrogens with zero attached hydrogens (tertiary/aromatic N) is 2. The highest BCUT2D eigenvalue weighted by Gasteiger charge is 2.28. The highest BCUT2D eigenvalue weighted by Crippen LogP contribution is 2.22. The van der Waals surface area contributed by atoms with Gasteiger partial charge in [-0.2, -0.15) is 0 Å². The zero-order valence-electron chi connectivity index (χ0n) is 16.5. The molecule has 1 heterocycles. The molecule has 1 aliphatic heterocycles. The number of piperidine rings is 1. The summed E-state index contributed by atoms with van der Waals surface area (Å²) < 4.78 is 5.60. The van der Waals surface area contributed by atoms with E-state index in [2.05, 4.69) is 19.2 Å². The fraction of sp³-hybridized carbons (Fsp3) is 0.550. The Kier molecular flexibility index (Phi) is 7.21. The first-order valence-corrected chi connectivity index (χ1v) is 9.32. The topological polar surface area (TPSA) is 79.0 Å². The van der Waals surface area contributed by atoms with E-state index < -0.39 is 0 Å². The minimum atomic E-state index is -0.330. The Morgan fingerprint density at radius 2 is 1.70 bits per heavy atom. The molecular weight excluding hydrogens is 346 g/mol. The smallest absolute Gasteiger partial charge is 0.260 e. The largest absolute Gasteiger partial charge is 0.484 e. The van der Waals surface area contributed by atoms with Crippen LogP contribution in [0.25, 0.3) is 0 Å². The third kappa shape index (κ3) is 5.70. The molecular formula is C20H29N3O4. The third-order valence-electron chi connectivity index (χ3n) is 4.86. The van der Waals surface area contributed by atoms with Crippen LogP contribution >= 0.6 is 0 Å². The van der Waals surface area contributed by atoms with Gasteiger partial charge in [-0.1, -0.05) is 0 Å². The summed E-state index contributed by atoms with van der Waals surface area (Å²) in [6.07, 6.45) is 3.20. The van der Waals surface area contributed by atoms with Gasteiger partial charge in [0.05, 0.1) is 6.54 Å². The van der Waals surface area contributed by atoms with Crippen molar-refractivity contribution < 1.29 is 19.1 Å². The fourth-order valence-electron chi connectivity index (χ4n) is 3.25. The maximum atomic E-state index is 12.5. The first-order chi connectivity index (χ1) is 12.8. The van der Waals surface area contributed by atoms with Gasteiger partial charge in [0.2, 0.25) is 5.91 Å². The van der Waals surface area contributed by atoms with Gasteiger partial charge in [0.25, 0.3) is 11.8 Å². The van der Waals surface area contributed by atoms with Crippen molar-refractivity contribution in [2.24, 2.45) is 0 Å².